The van der Waals surface area contributed by atoms with Crippen molar-refractivity contribution in [2.45, 2.75) is 44.4 Å². The van der Waals surface area contributed by atoms with E-state index >= 15 is 0 Å². The summed E-state index contributed by atoms with van der Waals surface area (Å²) in [5.74, 6) is 0.0583. The van der Waals surface area contributed by atoms with Crippen LogP contribution in [0.5, 0.6) is 5.88 Å². The van der Waals surface area contributed by atoms with Gasteiger partial charge in [-0.05, 0) is 62.4 Å². The fraction of sp³-hybridized carbons (Fsp3) is 0.292. The molecule has 0 saturated carbocycles. The molecule has 0 unspecified atom stereocenters. The lowest BCUT2D eigenvalue weighted by Crippen LogP contribution is -2.17. The molecule has 0 aliphatic carbocycles. The molecule has 0 atom stereocenters. The highest BCUT2D eigenvalue weighted by Crippen LogP contribution is 2.29. The van der Waals surface area contributed by atoms with Gasteiger partial charge in [0.05, 0.1) is 17.2 Å². The second-order valence-corrected chi connectivity index (χ2v) is 9.70. The summed E-state index contributed by atoms with van der Waals surface area (Å²) in [7, 11) is -4.00. The molecule has 2 aromatic carbocycles. The van der Waals surface area contributed by atoms with Crippen molar-refractivity contribution in [3.63, 3.8) is 0 Å². The summed E-state index contributed by atoms with van der Waals surface area (Å²) in [5, 5.41) is 2.76. The SMILES string of the molecule is Cc1cccc(C)c1-c1cc2nc(n1)NS(=O)(=O)c1cccc(c1)NC(=O)CCCCCO2. The summed E-state index contributed by atoms with van der Waals surface area (Å²) in [5.41, 5.74) is 3.93. The highest BCUT2D eigenvalue weighted by molar-refractivity contribution is 7.92. The standard InChI is InChI=1S/C24H26N4O4S/c1-16-8-6-9-17(2)23(16)20-15-22-27-24(26-20)28-33(30,31)19-11-7-10-18(14-19)25-21(29)12-4-3-5-13-32-22/h6-11,14-15H,3-5,12-13H2,1-2H3,(H,25,29)(H,26,27,28). The van der Waals surface area contributed by atoms with Crippen LogP contribution in [0.1, 0.15) is 36.8 Å². The number of fused-ring (bicyclic) bond motifs is 4. The van der Waals surface area contributed by atoms with Crippen LogP contribution in [0.3, 0.4) is 0 Å². The smallest absolute Gasteiger partial charge is 0.264 e. The van der Waals surface area contributed by atoms with Gasteiger partial charge < -0.3 is 10.1 Å². The van der Waals surface area contributed by atoms with Gasteiger partial charge in [0.2, 0.25) is 17.7 Å². The van der Waals surface area contributed by atoms with Gasteiger partial charge >= 0.3 is 0 Å². The molecule has 2 heterocycles. The Kier molecular flexibility index (Phi) is 6.60. The predicted molar refractivity (Wildman–Crippen MR) is 127 cm³/mol. The Morgan fingerprint density at radius 1 is 0.939 bits per heavy atom. The number of amides is 1. The minimum Gasteiger partial charge on any atom is -0.478 e. The lowest BCUT2D eigenvalue weighted by molar-refractivity contribution is -0.116. The number of benzene rings is 2. The van der Waals surface area contributed by atoms with Crippen LogP contribution in [-0.2, 0) is 14.8 Å². The lowest BCUT2D eigenvalue weighted by Gasteiger charge is -2.15. The first-order chi connectivity index (χ1) is 15.8. The molecule has 3 aromatic rings. The fourth-order valence-corrected chi connectivity index (χ4v) is 4.77. The van der Waals surface area contributed by atoms with Crippen LogP contribution in [-0.4, -0.2) is 30.9 Å². The second-order valence-electron chi connectivity index (χ2n) is 8.02. The van der Waals surface area contributed by atoms with Gasteiger partial charge in [-0.15, -0.1) is 0 Å². The van der Waals surface area contributed by atoms with Crippen molar-refractivity contribution in [1.29, 1.82) is 0 Å². The number of anilines is 2. The van der Waals surface area contributed by atoms with E-state index in [1.807, 2.05) is 32.0 Å². The number of nitrogens with zero attached hydrogens (tertiary/aromatic N) is 2. The Labute approximate surface area is 193 Å². The van der Waals surface area contributed by atoms with Gasteiger partial charge in [-0.3, -0.25) is 4.79 Å². The van der Waals surface area contributed by atoms with Crippen LogP contribution >= 0.6 is 0 Å². The van der Waals surface area contributed by atoms with Crippen LogP contribution in [0.15, 0.2) is 53.4 Å². The van der Waals surface area contributed by atoms with E-state index in [1.54, 1.807) is 18.2 Å². The van der Waals surface area contributed by atoms with Crippen LogP contribution in [0.2, 0.25) is 0 Å². The number of sulfonamides is 1. The molecule has 33 heavy (non-hydrogen) atoms. The van der Waals surface area contributed by atoms with Crippen LogP contribution in [0, 0.1) is 13.8 Å². The number of hydrogen-bond donors (Lipinski definition) is 2. The number of nitrogens with one attached hydrogen (secondary N) is 2. The highest BCUT2D eigenvalue weighted by atomic mass is 32.2. The maximum absolute atomic E-state index is 13.1. The van der Waals surface area contributed by atoms with Gasteiger partial charge in [0, 0.05) is 23.7 Å². The van der Waals surface area contributed by atoms with E-state index < -0.39 is 10.0 Å². The van der Waals surface area contributed by atoms with Crippen molar-refractivity contribution in [2.24, 2.45) is 0 Å². The number of carbonyl (C=O) groups is 1. The third-order valence-electron chi connectivity index (χ3n) is 5.39. The summed E-state index contributed by atoms with van der Waals surface area (Å²) in [4.78, 5) is 21.0. The van der Waals surface area contributed by atoms with Gasteiger partial charge in [-0.2, -0.15) is 4.98 Å². The molecule has 4 bridgehead atoms. The zero-order valence-electron chi connectivity index (χ0n) is 18.6. The Morgan fingerprint density at radius 2 is 1.70 bits per heavy atom. The van der Waals surface area contributed by atoms with Crippen LogP contribution < -0.4 is 14.8 Å². The van der Waals surface area contributed by atoms with Crippen molar-refractivity contribution < 1.29 is 17.9 Å². The molecular formula is C24H26N4O4S. The van der Waals surface area contributed by atoms with Crippen molar-refractivity contribution in [3.05, 3.63) is 59.7 Å². The Bertz CT molecular complexity index is 1270. The first kappa shape index (κ1) is 22.7. The minimum absolute atomic E-state index is 0.00376. The van der Waals surface area contributed by atoms with Gasteiger partial charge in [0.25, 0.3) is 10.0 Å². The van der Waals surface area contributed by atoms with Crippen LogP contribution in [0.25, 0.3) is 11.3 Å². The Hall–Kier alpha value is -3.46. The fourth-order valence-electron chi connectivity index (χ4n) is 3.78. The molecule has 2 N–H and O–H groups in total. The Morgan fingerprint density at radius 3 is 2.48 bits per heavy atom. The number of ether oxygens (including phenoxy) is 1. The minimum atomic E-state index is -4.00. The number of rotatable bonds is 1. The Balaban J connectivity index is 1.78. The molecule has 0 saturated heterocycles. The molecule has 0 radical (unpaired) electrons. The molecule has 4 rings (SSSR count). The van der Waals surface area contributed by atoms with Gasteiger partial charge in [0.15, 0.2) is 0 Å². The van der Waals surface area contributed by atoms with Gasteiger partial charge in [-0.1, -0.05) is 24.3 Å². The average Bonchev–Trinajstić information content (AvgIpc) is 2.75. The molecule has 0 fully saturated rings. The molecule has 1 aliphatic rings. The van der Waals surface area contributed by atoms with E-state index in [-0.39, 0.29) is 16.8 Å². The quantitative estimate of drug-likeness (QED) is 0.548. The van der Waals surface area contributed by atoms with E-state index in [2.05, 4.69) is 20.0 Å². The third kappa shape index (κ3) is 5.48. The molecular weight excluding hydrogens is 440 g/mol. The number of aromatic nitrogens is 2. The van der Waals surface area contributed by atoms with E-state index in [4.69, 9.17) is 4.74 Å². The van der Waals surface area contributed by atoms with Crippen LogP contribution in [0.4, 0.5) is 11.6 Å². The van der Waals surface area contributed by atoms with Crippen molar-refractivity contribution >= 4 is 27.6 Å². The summed E-state index contributed by atoms with van der Waals surface area (Å²) >= 11 is 0. The number of hydrogen-bond acceptors (Lipinski definition) is 6. The molecule has 8 nitrogen and oxygen atoms in total. The lowest BCUT2D eigenvalue weighted by atomic mass is 10.00. The topological polar surface area (TPSA) is 110 Å². The van der Waals surface area contributed by atoms with E-state index in [0.29, 0.717) is 36.7 Å². The molecule has 9 heteroatoms. The van der Waals surface area contributed by atoms with E-state index in [0.717, 1.165) is 29.5 Å². The van der Waals surface area contributed by atoms with E-state index in [9.17, 15) is 13.2 Å². The number of aryl methyl sites for hydroxylation is 2. The van der Waals surface area contributed by atoms with Gasteiger partial charge in [-0.25, -0.2) is 18.1 Å². The molecule has 1 amide bonds. The average molecular weight is 467 g/mol. The largest absolute Gasteiger partial charge is 0.478 e. The normalized spacial score (nSPS) is 16.2. The summed E-state index contributed by atoms with van der Waals surface area (Å²) in [6.07, 6.45) is 2.62. The van der Waals surface area contributed by atoms with Crippen molar-refractivity contribution in [3.8, 4) is 17.1 Å². The zero-order chi connectivity index (χ0) is 23.4. The first-order valence-electron chi connectivity index (χ1n) is 10.8. The van der Waals surface area contributed by atoms with Crippen molar-refractivity contribution in [2.75, 3.05) is 16.6 Å². The zero-order valence-corrected chi connectivity index (χ0v) is 19.4. The molecule has 0 spiro atoms. The maximum atomic E-state index is 13.1. The van der Waals surface area contributed by atoms with Crippen molar-refractivity contribution in [1.82, 2.24) is 9.97 Å². The number of carbonyl (C=O) groups excluding carboxylic acids is 1. The monoisotopic (exact) mass is 466 g/mol. The van der Waals surface area contributed by atoms with E-state index in [1.165, 1.54) is 12.1 Å². The third-order valence-corrected chi connectivity index (χ3v) is 6.72. The highest BCUT2D eigenvalue weighted by Gasteiger charge is 2.19. The predicted octanol–water partition coefficient (Wildman–Crippen LogP) is 4.45. The second kappa shape index (κ2) is 9.58. The summed E-state index contributed by atoms with van der Waals surface area (Å²) < 4.78 is 34.5. The molecule has 172 valence electrons. The maximum Gasteiger partial charge on any atom is 0.264 e. The molecule has 1 aliphatic heterocycles. The summed E-state index contributed by atoms with van der Waals surface area (Å²) in [6, 6.07) is 13.8. The first-order valence-corrected chi connectivity index (χ1v) is 12.3. The summed E-state index contributed by atoms with van der Waals surface area (Å²) in [6.45, 7) is 4.36. The van der Waals surface area contributed by atoms with Gasteiger partial charge in [0.1, 0.15) is 0 Å². The molecule has 1 aromatic heterocycles.